The Morgan fingerprint density at radius 3 is 2.86 bits per heavy atom. The van der Waals surface area contributed by atoms with E-state index in [9.17, 15) is 9.59 Å². The van der Waals surface area contributed by atoms with Crippen LogP contribution in [0.3, 0.4) is 0 Å². The van der Waals surface area contributed by atoms with Crippen molar-refractivity contribution in [2.75, 3.05) is 11.1 Å². The number of rotatable bonds is 3. The summed E-state index contributed by atoms with van der Waals surface area (Å²) in [5.41, 5.74) is 8.54. The molecule has 114 valence electrons. The maximum absolute atomic E-state index is 12.6. The van der Waals surface area contributed by atoms with Crippen molar-refractivity contribution in [1.29, 1.82) is 0 Å². The van der Waals surface area contributed by atoms with Crippen molar-refractivity contribution in [2.45, 2.75) is 11.7 Å². The Balaban J connectivity index is 1.81. The molecule has 0 saturated heterocycles. The van der Waals surface area contributed by atoms with Gasteiger partial charge in [-0.15, -0.1) is 11.8 Å². The molecular formula is C16H17N3O2S. The summed E-state index contributed by atoms with van der Waals surface area (Å²) in [5.74, 6) is 0.343. The van der Waals surface area contributed by atoms with E-state index in [1.165, 1.54) is 5.56 Å². The largest absolute Gasteiger partial charge is 0.364 e. The Hall–Kier alpha value is -2.21. The average Bonchev–Trinajstić information content (AvgIpc) is 2.87. The summed E-state index contributed by atoms with van der Waals surface area (Å²) in [5, 5.41) is 2.66. The van der Waals surface area contributed by atoms with E-state index in [4.69, 9.17) is 5.73 Å². The highest BCUT2D eigenvalue weighted by atomic mass is 32.2. The maximum atomic E-state index is 12.6. The average molecular weight is 315 g/mol. The Kier molecular flexibility index (Phi) is 3.94. The second-order valence-corrected chi connectivity index (χ2v) is 6.49. The summed E-state index contributed by atoms with van der Waals surface area (Å²) in [4.78, 5) is 23.8. The number of aromatic nitrogens is 1. The third-order valence-corrected chi connectivity index (χ3v) is 5.00. The molecule has 3 N–H and O–H groups in total. The highest BCUT2D eigenvalue weighted by molar-refractivity contribution is 8.00. The standard InChI is InChI=1S/C16H17N3O2S/c1-19-9-11(8-13(19)15(17)20)18-16(21)14-12-5-3-2-4-10(12)6-7-22-14/h2-5,8-9,14H,6-7H2,1H3,(H2,17,20)(H,18,21)/t14-/m0/s1. The zero-order chi connectivity index (χ0) is 15.7. The van der Waals surface area contributed by atoms with Crippen LogP contribution < -0.4 is 11.1 Å². The molecule has 2 heterocycles. The van der Waals surface area contributed by atoms with Crippen molar-refractivity contribution in [3.05, 3.63) is 53.3 Å². The quantitative estimate of drug-likeness (QED) is 0.910. The molecule has 0 bridgehead atoms. The van der Waals surface area contributed by atoms with Gasteiger partial charge in [0.1, 0.15) is 10.9 Å². The van der Waals surface area contributed by atoms with E-state index >= 15 is 0 Å². The van der Waals surface area contributed by atoms with Gasteiger partial charge in [0.05, 0.1) is 5.69 Å². The van der Waals surface area contributed by atoms with Gasteiger partial charge in [-0.05, 0) is 29.4 Å². The van der Waals surface area contributed by atoms with Crippen LogP contribution in [-0.2, 0) is 18.3 Å². The van der Waals surface area contributed by atoms with E-state index in [1.807, 2.05) is 18.2 Å². The number of carbonyl (C=O) groups excluding carboxylic acids is 2. The van der Waals surface area contributed by atoms with Gasteiger partial charge in [-0.25, -0.2) is 0 Å². The second-order valence-electron chi connectivity index (χ2n) is 5.28. The number of benzene rings is 1. The van der Waals surface area contributed by atoms with Crippen LogP contribution in [-0.4, -0.2) is 22.1 Å². The fraction of sp³-hybridized carbons (Fsp3) is 0.250. The summed E-state index contributed by atoms with van der Waals surface area (Å²) in [6.07, 6.45) is 2.68. The van der Waals surface area contributed by atoms with Crippen LogP contribution in [0.15, 0.2) is 36.5 Å². The Labute approximate surface area is 132 Å². The van der Waals surface area contributed by atoms with Crippen molar-refractivity contribution >= 4 is 29.3 Å². The van der Waals surface area contributed by atoms with Gasteiger partial charge in [0.2, 0.25) is 5.91 Å². The van der Waals surface area contributed by atoms with Crippen LogP contribution in [0.5, 0.6) is 0 Å². The van der Waals surface area contributed by atoms with E-state index in [-0.39, 0.29) is 11.2 Å². The molecule has 0 saturated carbocycles. The molecule has 1 aliphatic rings. The first-order valence-corrected chi connectivity index (χ1v) is 8.07. The summed E-state index contributed by atoms with van der Waals surface area (Å²) in [6.45, 7) is 0. The number of amides is 2. The van der Waals surface area contributed by atoms with Crippen LogP contribution in [0.25, 0.3) is 0 Å². The molecule has 1 atom stereocenters. The number of nitrogens with one attached hydrogen (secondary N) is 1. The van der Waals surface area contributed by atoms with Crippen LogP contribution >= 0.6 is 11.8 Å². The van der Waals surface area contributed by atoms with Crippen LogP contribution in [0.1, 0.15) is 26.9 Å². The lowest BCUT2D eigenvalue weighted by molar-refractivity contribution is -0.115. The smallest absolute Gasteiger partial charge is 0.265 e. The first-order chi connectivity index (χ1) is 10.6. The molecule has 5 nitrogen and oxygen atoms in total. The molecule has 1 aromatic heterocycles. The van der Waals surface area contributed by atoms with E-state index in [0.29, 0.717) is 11.4 Å². The number of anilines is 1. The van der Waals surface area contributed by atoms with Gasteiger partial charge in [0.15, 0.2) is 0 Å². The number of nitrogens with zero attached hydrogens (tertiary/aromatic N) is 1. The van der Waals surface area contributed by atoms with Gasteiger partial charge < -0.3 is 15.6 Å². The molecule has 0 radical (unpaired) electrons. The molecular weight excluding hydrogens is 298 g/mol. The fourth-order valence-electron chi connectivity index (χ4n) is 2.70. The van der Waals surface area contributed by atoms with Crippen molar-refractivity contribution in [3.8, 4) is 0 Å². The first-order valence-electron chi connectivity index (χ1n) is 7.02. The lowest BCUT2D eigenvalue weighted by Gasteiger charge is -2.24. The Morgan fingerprint density at radius 2 is 2.14 bits per heavy atom. The topological polar surface area (TPSA) is 77.1 Å². The van der Waals surface area contributed by atoms with Gasteiger partial charge in [-0.1, -0.05) is 24.3 Å². The third-order valence-electron chi connectivity index (χ3n) is 3.76. The molecule has 1 aromatic carbocycles. The molecule has 6 heteroatoms. The summed E-state index contributed by atoms with van der Waals surface area (Å²) in [7, 11) is 1.72. The van der Waals surface area contributed by atoms with Gasteiger partial charge in [-0.2, -0.15) is 0 Å². The monoisotopic (exact) mass is 315 g/mol. The fourth-order valence-corrected chi connectivity index (χ4v) is 3.89. The molecule has 0 spiro atoms. The lowest BCUT2D eigenvalue weighted by Crippen LogP contribution is -2.22. The zero-order valence-corrected chi connectivity index (χ0v) is 13.0. The van der Waals surface area contributed by atoms with Gasteiger partial charge >= 0.3 is 0 Å². The molecule has 0 aliphatic carbocycles. The predicted molar refractivity (Wildman–Crippen MR) is 87.9 cm³/mol. The molecule has 1 aliphatic heterocycles. The molecule has 2 aromatic rings. The van der Waals surface area contributed by atoms with Crippen LogP contribution in [0, 0.1) is 0 Å². The molecule has 0 unspecified atom stereocenters. The predicted octanol–water partition coefficient (Wildman–Crippen LogP) is 2.09. The highest BCUT2D eigenvalue weighted by Crippen LogP contribution is 2.37. The normalized spacial score (nSPS) is 16.9. The minimum absolute atomic E-state index is 0.0706. The van der Waals surface area contributed by atoms with E-state index in [2.05, 4.69) is 11.4 Å². The van der Waals surface area contributed by atoms with Crippen molar-refractivity contribution in [1.82, 2.24) is 4.57 Å². The lowest BCUT2D eigenvalue weighted by atomic mass is 10.0. The number of fused-ring (bicyclic) bond motifs is 1. The highest BCUT2D eigenvalue weighted by Gasteiger charge is 2.27. The van der Waals surface area contributed by atoms with Crippen LogP contribution in [0.2, 0.25) is 0 Å². The number of thioether (sulfide) groups is 1. The van der Waals surface area contributed by atoms with E-state index in [0.717, 1.165) is 17.7 Å². The second kappa shape index (κ2) is 5.88. The molecule has 2 amide bonds. The molecule has 3 rings (SSSR count). The Morgan fingerprint density at radius 1 is 1.36 bits per heavy atom. The number of aryl methyl sites for hydroxylation is 2. The van der Waals surface area contributed by atoms with Gasteiger partial charge in [0, 0.05) is 13.2 Å². The maximum Gasteiger partial charge on any atom is 0.265 e. The minimum Gasteiger partial charge on any atom is -0.364 e. The third kappa shape index (κ3) is 2.74. The summed E-state index contributed by atoms with van der Waals surface area (Å²) < 4.78 is 1.61. The number of hydrogen-bond acceptors (Lipinski definition) is 3. The number of primary amides is 1. The summed E-state index contributed by atoms with van der Waals surface area (Å²) >= 11 is 1.64. The van der Waals surface area contributed by atoms with E-state index < -0.39 is 5.91 Å². The zero-order valence-electron chi connectivity index (χ0n) is 12.2. The number of hydrogen-bond donors (Lipinski definition) is 2. The van der Waals surface area contributed by atoms with Crippen molar-refractivity contribution in [3.63, 3.8) is 0 Å². The van der Waals surface area contributed by atoms with Crippen molar-refractivity contribution < 1.29 is 9.59 Å². The number of carbonyl (C=O) groups is 2. The van der Waals surface area contributed by atoms with E-state index in [1.54, 1.807) is 35.6 Å². The van der Waals surface area contributed by atoms with Gasteiger partial charge in [0.25, 0.3) is 5.91 Å². The number of nitrogens with two attached hydrogens (primary N) is 1. The van der Waals surface area contributed by atoms with Crippen molar-refractivity contribution in [2.24, 2.45) is 12.8 Å². The molecule has 22 heavy (non-hydrogen) atoms. The first kappa shape index (κ1) is 14.7. The van der Waals surface area contributed by atoms with Crippen LogP contribution in [0.4, 0.5) is 5.69 Å². The summed E-state index contributed by atoms with van der Waals surface area (Å²) in [6, 6.07) is 9.63. The Bertz CT molecular complexity index is 739. The molecule has 0 fully saturated rings. The SMILES string of the molecule is Cn1cc(NC(=O)[C@H]2SCCc3ccccc32)cc1C(N)=O. The minimum atomic E-state index is -0.514. The van der Waals surface area contributed by atoms with Gasteiger partial charge in [-0.3, -0.25) is 9.59 Å².